The Morgan fingerprint density at radius 1 is 1.25 bits per heavy atom. The van der Waals surface area contributed by atoms with Gasteiger partial charge >= 0.3 is 6.09 Å². The van der Waals surface area contributed by atoms with Crippen LogP contribution >= 0.6 is 0 Å². The van der Waals surface area contributed by atoms with Gasteiger partial charge in [-0.3, -0.25) is 9.59 Å². The number of hydrogen-bond donors (Lipinski definition) is 1. The molecular weight excluding hydrogens is 260 g/mol. The Hall–Kier alpha value is -1.59. The molecule has 2 aliphatic rings. The van der Waals surface area contributed by atoms with Gasteiger partial charge in [-0.05, 0) is 32.1 Å². The van der Waals surface area contributed by atoms with Crippen LogP contribution in [0.1, 0.15) is 38.5 Å². The van der Waals surface area contributed by atoms with E-state index in [1.54, 1.807) is 4.90 Å². The highest BCUT2D eigenvalue weighted by Crippen LogP contribution is 2.16. The van der Waals surface area contributed by atoms with Crippen molar-refractivity contribution in [2.75, 3.05) is 26.2 Å². The van der Waals surface area contributed by atoms with Gasteiger partial charge in [0.25, 0.3) is 0 Å². The molecule has 2 rings (SSSR count). The summed E-state index contributed by atoms with van der Waals surface area (Å²) in [5, 5.41) is 2.74. The first-order valence-electron chi connectivity index (χ1n) is 7.38. The van der Waals surface area contributed by atoms with Crippen LogP contribution in [0.2, 0.25) is 0 Å². The molecule has 2 aliphatic heterocycles. The Bertz CT molecular complexity index is 377. The Morgan fingerprint density at radius 3 is 2.65 bits per heavy atom. The standard InChI is InChI=1S/C14H22N2O4/c17-12(5-4-11-6-7-15-13(11)18)10-20-14(19)16-8-2-1-3-9-16/h11H,1-10H2,(H,15,18)/t11-/m0/s1. The summed E-state index contributed by atoms with van der Waals surface area (Å²) in [5.74, 6) is -0.144. The van der Waals surface area contributed by atoms with E-state index in [0.717, 1.165) is 38.8 Å². The number of carbonyl (C=O) groups is 3. The molecule has 0 aliphatic carbocycles. The van der Waals surface area contributed by atoms with E-state index in [0.29, 0.717) is 19.4 Å². The van der Waals surface area contributed by atoms with Crippen molar-refractivity contribution >= 4 is 17.8 Å². The molecule has 0 aromatic rings. The number of piperidine rings is 1. The van der Waals surface area contributed by atoms with Crippen molar-refractivity contribution in [1.29, 1.82) is 0 Å². The van der Waals surface area contributed by atoms with Gasteiger partial charge in [0.05, 0.1) is 0 Å². The van der Waals surface area contributed by atoms with Crippen molar-refractivity contribution < 1.29 is 19.1 Å². The van der Waals surface area contributed by atoms with Crippen molar-refractivity contribution in [3.8, 4) is 0 Å². The van der Waals surface area contributed by atoms with Gasteiger partial charge in [-0.25, -0.2) is 4.79 Å². The maximum atomic E-state index is 11.7. The fraction of sp³-hybridized carbons (Fsp3) is 0.786. The molecule has 0 aromatic heterocycles. The van der Waals surface area contributed by atoms with Crippen molar-refractivity contribution in [3.05, 3.63) is 0 Å². The first kappa shape index (κ1) is 14.8. The number of carbonyl (C=O) groups excluding carboxylic acids is 3. The van der Waals surface area contributed by atoms with E-state index in [9.17, 15) is 14.4 Å². The maximum absolute atomic E-state index is 11.7. The normalized spacial score (nSPS) is 22.5. The lowest BCUT2D eigenvalue weighted by Crippen LogP contribution is -2.36. The van der Waals surface area contributed by atoms with Crippen LogP contribution < -0.4 is 5.32 Å². The fourth-order valence-corrected chi connectivity index (χ4v) is 2.64. The van der Waals surface area contributed by atoms with Crippen LogP contribution in [0.25, 0.3) is 0 Å². The first-order valence-corrected chi connectivity index (χ1v) is 7.38. The molecule has 1 N–H and O–H groups in total. The van der Waals surface area contributed by atoms with Crippen LogP contribution in [-0.4, -0.2) is 48.9 Å². The van der Waals surface area contributed by atoms with Crippen LogP contribution in [0.3, 0.4) is 0 Å². The molecule has 0 radical (unpaired) electrons. The van der Waals surface area contributed by atoms with Gasteiger partial charge in [0, 0.05) is 32.0 Å². The highest BCUT2D eigenvalue weighted by Gasteiger charge is 2.25. The van der Waals surface area contributed by atoms with Crippen molar-refractivity contribution in [2.24, 2.45) is 5.92 Å². The molecule has 6 heteroatoms. The summed E-state index contributed by atoms with van der Waals surface area (Å²) in [5.41, 5.74) is 0. The molecule has 20 heavy (non-hydrogen) atoms. The lowest BCUT2D eigenvalue weighted by Gasteiger charge is -2.25. The highest BCUT2D eigenvalue weighted by atomic mass is 16.6. The van der Waals surface area contributed by atoms with E-state index < -0.39 is 6.09 Å². The number of nitrogens with zero attached hydrogens (tertiary/aromatic N) is 1. The minimum absolute atomic E-state index is 0.0307. The molecule has 0 saturated carbocycles. The zero-order valence-corrected chi connectivity index (χ0v) is 11.7. The highest BCUT2D eigenvalue weighted by molar-refractivity contribution is 5.84. The van der Waals surface area contributed by atoms with E-state index in [2.05, 4.69) is 5.32 Å². The van der Waals surface area contributed by atoms with E-state index in [1.807, 2.05) is 0 Å². The molecule has 2 saturated heterocycles. The van der Waals surface area contributed by atoms with Gasteiger partial charge in [0.2, 0.25) is 5.91 Å². The second-order valence-electron chi connectivity index (χ2n) is 5.46. The number of ketones is 1. The van der Waals surface area contributed by atoms with Gasteiger partial charge in [0.15, 0.2) is 12.4 Å². The quantitative estimate of drug-likeness (QED) is 0.819. The summed E-state index contributed by atoms with van der Waals surface area (Å²) < 4.78 is 5.02. The van der Waals surface area contributed by atoms with E-state index in [-0.39, 0.29) is 24.2 Å². The summed E-state index contributed by atoms with van der Waals surface area (Å²) in [6, 6.07) is 0. The minimum atomic E-state index is -0.392. The summed E-state index contributed by atoms with van der Waals surface area (Å²) in [6.07, 6.45) is 4.39. The Kier molecular flexibility index (Phi) is 5.38. The molecule has 0 bridgehead atoms. The first-order chi connectivity index (χ1) is 9.66. The largest absolute Gasteiger partial charge is 0.441 e. The second kappa shape index (κ2) is 7.26. The van der Waals surface area contributed by atoms with Crippen LogP contribution in [0, 0.1) is 5.92 Å². The lowest BCUT2D eigenvalue weighted by atomic mass is 10.0. The van der Waals surface area contributed by atoms with E-state index >= 15 is 0 Å². The Labute approximate surface area is 118 Å². The molecule has 0 aromatic carbocycles. The zero-order valence-electron chi connectivity index (χ0n) is 11.7. The molecule has 1 atom stereocenters. The van der Waals surface area contributed by atoms with Gasteiger partial charge in [-0.1, -0.05) is 0 Å². The number of Topliss-reactive ketones (excluding diaryl/α,β-unsaturated/α-hetero) is 1. The predicted octanol–water partition coefficient (Wildman–Crippen LogP) is 1.09. The van der Waals surface area contributed by atoms with Crippen molar-refractivity contribution in [2.45, 2.75) is 38.5 Å². The smallest absolute Gasteiger partial charge is 0.410 e. The van der Waals surface area contributed by atoms with E-state index in [4.69, 9.17) is 4.74 Å². The van der Waals surface area contributed by atoms with Gasteiger partial charge in [0.1, 0.15) is 0 Å². The van der Waals surface area contributed by atoms with Crippen molar-refractivity contribution in [3.63, 3.8) is 0 Å². The van der Waals surface area contributed by atoms with Gasteiger partial charge < -0.3 is 15.0 Å². The molecule has 2 amide bonds. The Balaban J connectivity index is 1.61. The predicted molar refractivity (Wildman–Crippen MR) is 72.1 cm³/mol. The number of likely N-dealkylation sites (tertiary alicyclic amines) is 1. The molecular formula is C14H22N2O4. The maximum Gasteiger partial charge on any atom is 0.410 e. The monoisotopic (exact) mass is 282 g/mol. The number of hydrogen-bond acceptors (Lipinski definition) is 4. The SMILES string of the molecule is O=C(CC[C@H]1CCNC1=O)COC(=O)N1CCCCC1. The second-order valence-corrected chi connectivity index (χ2v) is 5.46. The summed E-state index contributed by atoms with van der Waals surface area (Å²) in [4.78, 5) is 36.4. The van der Waals surface area contributed by atoms with Crippen molar-refractivity contribution in [1.82, 2.24) is 10.2 Å². The number of rotatable bonds is 5. The molecule has 6 nitrogen and oxygen atoms in total. The van der Waals surface area contributed by atoms with Crippen LogP contribution in [0.5, 0.6) is 0 Å². The fourth-order valence-electron chi connectivity index (χ4n) is 2.64. The third-order valence-electron chi connectivity index (χ3n) is 3.91. The third-order valence-corrected chi connectivity index (χ3v) is 3.91. The summed E-state index contributed by atoms with van der Waals surface area (Å²) in [6.45, 7) is 1.95. The van der Waals surface area contributed by atoms with Gasteiger partial charge in [-0.2, -0.15) is 0 Å². The number of nitrogens with one attached hydrogen (secondary N) is 1. The van der Waals surface area contributed by atoms with Crippen LogP contribution in [0.15, 0.2) is 0 Å². The zero-order chi connectivity index (χ0) is 14.4. The lowest BCUT2D eigenvalue weighted by molar-refractivity contribution is -0.124. The minimum Gasteiger partial charge on any atom is -0.441 e. The molecule has 0 unspecified atom stereocenters. The Morgan fingerprint density at radius 2 is 2.00 bits per heavy atom. The molecule has 0 spiro atoms. The number of amides is 2. The summed E-state index contributed by atoms with van der Waals surface area (Å²) in [7, 11) is 0. The molecule has 2 fully saturated rings. The number of ether oxygens (including phenoxy) is 1. The van der Waals surface area contributed by atoms with E-state index in [1.165, 1.54) is 0 Å². The molecule has 2 heterocycles. The molecule has 112 valence electrons. The third kappa shape index (κ3) is 4.21. The topological polar surface area (TPSA) is 75.7 Å². The van der Waals surface area contributed by atoms with Crippen LogP contribution in [0.4, 0.5) is 4.79 Å². The van der Waals surface area contributed by atoms with Crippen LogP contribution in [-0.2, 0) is 14.3 Å². The van der Waals surface area contributed by atoms with Gasteiger partial charge in [-0.15, -0.1) is 0 Å². The average molecular weight is 282 g/mol. The average Bonchev–Trinajstić information content (AvgIpc) is 2.89. The summed E-state index contributed by atoms with van der Waals surface area (Å²) >= 11 is 0.